The smallest absolute Gasteiger partial charge is 0.307 e. The van der Waals surface area contributed by atoms with Gasteiger partial charge in [-0.15, -0.1) is 0 Å². The lowest BCUT2D eigenvalue weighted by Crippen LogP contribution is -2.26. The van der Waals surface area contributed by atoms with E-state index in [2.05, 4.69) is 13.8 Å². The average molecular weight is 743 g/mol. The van der Waals surface area contributed by atoms with Crippen LogP contribution >= 0.6 is 0 Å². The average Bonchev–Trinajstić information content (AvgIpc) is 3.15. The predicted octanol–water partition coefficient (Wildman–Crippen LogP) is 9.82. The zero-order chi connectivity index (χ0) is 39.0. The van der Waals surface area contributed by atoms with Crippen LogP contribution in [0.4, 0.5) is 0 Å². The van der Waals surface area contributed by atoms with E-state index >= 15 is 0 Å². The number of hydrogen-bond acceptors (Lipinski definition) is 8. The summed E-state index contributed by atoms with van der Waals surface area (Å²) in [6.07, 6.45) is 0.738. The van der Waals surface area contributed by atoms with Crippen LogP contribution in [0.15, 0.2) is 72.8 Å². The molecule has 2 N–H and O–H groups in total. The number of sulfone groups is 1. The van der Waals surface area contributed by atoms with Gasteiger partial charge in [0.25, 0.3) is 0 Å². The molecule has 4 atom stereocenters. The third kappa shape index (κ3) is 9.49. The minimum Gasteiger partial charge on any atom is -0.507 e. The van der Waals surface area contributed by atoms with Gasteiger partial charge in [0.05, 0.1) is 23.3 Å². The van der Waals surface area contributed by atoms with Crippen LogP contribution in [-0.2, 0) is 42.1 Å². The van der Waals surface area contributed by atoms with E-state index in [1.165, 1.54) is 0 Å². The lowest BCUT2D eigenvalue weighted by Gasteiger charge is -2.25. The largest absolute Gasteiger partial charge is 0.507 e. The first-order chi connectivity index (χ1) is 25.1. The predicted molar refractivity (Wildman–Crippen MR) is 209 cm³/mol. The maximum atomic E-state index is 14.7. The van der Waals surface area contributed by atoms with Gasteiger partial charge in [-0.25, -0.2) is 8.42 Å². The van der Waals surface area contributed by atoms with Crippen LogP contribution in [0, 0.1) is 27.7 Å². The summed E-state index contributed by atoms with van der Waals surface area (Å²) in [7, 11) is -4.29. The van der Waals surface area contributed by atoms with E-state index in [4.69, 9.17) is 9.47 Å². The molecule has 0 aliphatic heterocycles. The number of carbonyl (C=O) groups is 2. The molecule has 4 aromatic carbocycles. The molecule has 0 aromatic heterocycles. The van der Waals surface area contributed by atoms with Crippen LogP contribution in [0.3, 0.4) is 0 Å². The van der Waals surface area contributed by atoms with E-state index in [0.717, 1.165) is 35.1 Å². The molecule has 9 heteroatoms. The summed E-state index contributed by atoms with van der Waals surface area (Å²) in [5.74, 6) is -0.816. The number of phenols is 2. The number of phenolic OH excluding ortho intramolecular Hbond substituents is 2. The van der Waals surface area contributed by atoms with Gasteiger partial charge in [-0.3, -0.25) is 9.59 Å². The Morgan fingerprint density at radius 1 is 0.623 bits per heavy atom. The summed E-state index contributed by atoms with van der Waals surface area (Å²) < 4.78 is 40.9. The first kappa shape index (κ1) is 41.1. The normalized spacial score (nSPS) is 13.9. The SMILES string of the molecule is CCC(C)c1cc(C)c(COC(=O)CC(c2ccccc2)S(=O)(=O)C(CC(=O)OCc2c(C)cc(C(C)CC)c(O)c2C)c2ccccc2)c(C)c1O. The molecule has 0 aliphatic carbocycles. The molecular formula is C44H54O8S. The van der Waals surface area contributed by atoms with Crippen molar-refractivity contribution in [2.75, 3.05) is 0 Å². The number of carbonyl (C=O) groups excluding carboxylic acids is 2. The molecule has 0 aliphatic rings. The van der Waals surface area contributed by atoms with E-state index < -0.39 is 45.1 Å². The molecule has 0 radical (unpaired) electrons. The molecule has 0 spiro atoms. The number of aromatic hydroxyl groups is 2. The van der Waals surface area contributed by atoms with Crippen molar-refractivity contribution < 1.29 is 37.7 Å². The molecule has 0 amide bonds. The molecule has 0 heterocycles. The van der Waals surface area contributed by atoms with Gasteiger partial charge >= 0.3 is 11.9 Å². The molecular weight excluding hydrogens is 689 g/mol. The maximum Gasteiger partial charge on any atom is 0.307 e. The van der Waals surface area contributed by atoms with Crippen LogP contribution in [0.1, 0.15) is 131 Å². The second-order valence-electron chi connectivity index (χ2n) is 14.2. The molecule has 284 valence electrons. The molecule has 8 nitrogen and oxygen atoms in total. The quantitative estimate of drug-likeness (QED) is 0.109. The maximum absolute atomic E-state index is 14.7. The van der Waals surface area contributed by atoms with Gasteiger partial charge in [0, 0.05) is 0 Å². The van der Waals surface area contributed by atoms with E-state index in [1.807, 2.05) is 39.8 Å². The topological polar surface area (TPSA) is 127 Å². The minimum atomic E-state index is -4.29. The second kappa shape index (κ2) is 17.9. The van der Waals surface area contributed by atoms with Crippen molar-refractivity contribution in [3.8, 4) is 11.5 Å². The van der Waals surface area contributed by atoms with Gasteiger partial charge < -0.3 is 19.7 Å². The fraction of sp³-hybridized carbons (Fsp3) is 0.409. The molecule has 0 bridgehead atoms. The van der Waals surface area contributed by atoms with E-state index in [-0.39, 0.29) is 36.5 Å². The zero-order valence-corrected chi connectivity index (χ0v) is 33.0. The van der Waals surface area contributed by atoms with Crippen LogP contribution in [-0.4, -0.2) is 30.6 Å². The summed E-state index contributed by atoms with van der Waals surface area (Å²) in [5.41, 5.74) is 6.76. The van der Waals surface area contributed by atoms with Gasteiger partial charge in [-0.1, -0.05) is 100 Å². The van der Waals surface area contributed by atoms with E-state index in [9.17, 15) is 28.2 Å². The fourth-order valence-corrected chi connectivity index (χ4v) is 9.04. The van der Waals surface area contributed by atoms with Crippen LogP contribution in [0.5, 0.6) is 11.5 Å². The van der Waals surface area contributed by atoms with Crippen molar-refractivity contribution in [3.05, 3.63) is 128 Å². The van der Waals surface area contributed by atoms with Crippen molar-refractivity contribution in [3.63, 3.8) is 0 Å². The highest BCUT2D eigenvalue weighted by atomic mass is 32.2. The third-order valence-electron chi connectivity index (χ3n) is 10.7. The molecule has 0 saturated carbocycles. The molecule has 4 aromatic rings. The number of ether oxygens (including phenoxy) is 2. The summed E-state index contributed by atoms with van der Waals surface area (Å²) in [4.78, 5) is 27.1. The van der Waals surface area contributed by atoms with Crippen molar-refractivity contribution in [1.29, 1.82) is 0 Å². The van der Waals surface area contributed by atoms with Crippen molar-refractivity contribution >= 4 is 21.8 Å². The number of esters is 2. The van der Waals surface area contributed by atoms with Gasteiger partial charge in [-0.05, 0) is 108 Å². The molecule has 53 heavy (non-hydrogen) atoms. The second-order valence-corrected chi connectivity index (χ2v) is 16.5. The third-order valence-corrected chi connectivity index (χ3v) is 13.2. The first-order valence-corrected chi connectivity index (χ1v) is 20.0. The highest BCUT2D eigenvalue weighted by Gasteiger charge is 2.39. The Labute approximate surface area is 315 Å². The fourth-order valence-electron chi connectivity index (χ4n) is 6.83. The van der Waals surface area contributed by atoms with Crippen molar-refractivity contribution in [2.45, 2.75) is 117 Å². The lowest BCUT2D eigenvalue weighted by atomic mass is 9.90. The van der Waals surface area contributed by atoms with E-state index in [0.29, 0.717) is 33.4 Å². The number of aryl methyl sites for hydroxylation is 2. The Morgan fingerprint density at radius 2 is 0.962 bits per heavy atom. The Morgan fingerprint density at radius 3 is 1.28 bits per heavy atom. The molecule has 0 fully saturated rings. The van der Waals surface area contributed by atoms with Gasteiger partial charge in [0.15, 0.2) is 9.84 Å². The first-order valence-electron chi connectivity index (χ1n) is 18.4. The highest BCUT2D eigenvalue weighted by molar-refractivity contribution is 7.92. The van der Waals surface area contributed by atoms with Crippen LogP contribution in [0.2, 0.25) is 0 Å². The van der Waals surface area contributed by atoms with Gasteiger partial charge in [0.2, 0.25) is 0 Å². The number of rotatable bonds is 16. The van der Waals surface area contributed by atoms with Crippen molar-refractivity contribution in [2.24, 2.45) is 0 Å². The monoisotopic (exact) mass is 742 g/mol. The molecule has 0 saturated heterocycles. The zero-order valence-electron chi connectivity index (χ0n) is 32.2. The lowest BCUT2D eigenvalue weighted by molar-refractivity contribution is -0.145. The van der Waals surface area contributed by atoms with Crippen LogP contribution in [0.25, 0.3) is 0 Å². The van der Waals surface area contributed by atoms with Gasteiger partial charge in [0.1, 0.15) is 24.7 Å². The standard InChI is InChI=1S/C44H54O8S/c1-9-27(3)35-21-29(5)37(31(7)43(35)47)25-51-41(45)23-39(33-17-13-11-14-18-33)53(49,50)40(34-19-15-12-16-20-34)24-42(46)52-26-38-30(6)22-36(28(4)10-2)44(48)32(38)8/h11-22,27-28,39-40,47-48H,9-10,23-26H2,1-8H3. The Hall–Kier alpha value is -4.63. The number of hydrogen-bond donors (Lipinski definition) is 2. The Bertz CT molecular complexity index is 1870. The molecule has 4 rings (SSSR count). The highest BCUT2D eigenvalue weighted by Crippen LogP contribution is 2.40. The summed E-state index contributed by atoms with van der Waals surface area (Å²) >= 11 is 0. The summed E-state index contributed by atoms with van der Waals surface area (Å²) in [6.45, 7) is 15.3. The van der Waals surface area contributed by atoms with Gasteiger partial charge in [-0.2, -0.15) is 0 Å². The van der Waals surface area contributed by atoms with Crippen LogP contribution < -0.4 is 0 Å². The summed E-state index contributed by atoms with van der Waals surface area (Å²) in [6, 6.07) is 20.8. The van der Waals surface area contributed by atoms with E-state index in [1.54, 1.807) is 74.5 Å². The Balaban J connectivity index is 1.61. The minimum absolute atomic E-state index is 0.131. The number of benzene rings is 4. The Kier molecular flexibility index (Phi) is 13.9. The molecule has 4 unspecified atom stereocenters. The summed E-state index contributed by atoms with van der Waals surface area (Å²) in [5, 5.41) is 19.2. The van der Waals surface area contributed by atoms with Crippen molar-refractivity contribution in [1.82, 2.24) is 0 Å².